The molecule has 0 bridgehead atoms. The molecule has 0 radical (unpaired) electrons. The number of esters is 1. The number of benzene rings is 1. The van der Waals surface area contributed by atoms with Crippen LogP contribution in [-0.2, 0) is 14.3 Å². The standard InChI is InChI=1S/C23H35NO5/c1-4-5-6-7-8-9-10-11-12-17-29-23(26)16-15-22(25)24-20-18-19(27-2)13-14-21(20)28-3/h13-16,18H,4-12,17H2,1-3H3,(H,24,25)/b16-15+. The van der Waals surface area contributed by atoms with Gasteiger partial charge in [0.05, 0.1) is 26.5 Å². The maximum Gasteiger partial charge on any atom is 0.330 e. The zero-order valence-electron chi connectivity index (χ0n) is 18.0. The van der Waals surface area contributed by atoms with Crippen LogP contribution < -0.4 is 14.8 Å². The number of hydrogen-bond acceptors (Lipinski definition) is 5. The first-order valence-corrected chi connectivity index (χ1v) is 10.5. The van der Waals surface area contributed by atoms with E-state index in [0.29, 0.717) is 23.8 Å². The van der Waals surface area contributed by atoms with Crippen molar-refractivity contribution in [1.82, 2.24) is 0 Å². The molecule has 1 amide bonds. The van der Waals surface area contributed by atoms with E-state index in [2.05, 4.69) is 12.2 Å². The van der Waals surface area contributed by atoms with Gasteiger partial charge in [0.1, 0.15) is 11.5 Å². The average molecular weight is 406 g/mol. The Balaban J connectivity index is 2.22. The Labute approximate surface area is 174 Å². The molecule has 6 nitrogen and oxygen atoms in total. The largest absolute Gasteiger partial charge is 0.497 e. The summed E-state index contributed by atoms with van der Waals surface area (Å²) in [6.07, 6.45) is 13.1. The smallest absolute Gasteiger partial charge is 0.330 e. The third-order valence-corrected chi connectivity index (χ3v) is 4.53. The monoisotopic (exact) mass is 405 g/mol. The number of rotatable bonds is 15. The van der Waals surface area contributed by atoms with Gasteiger partial charge in [0.25, 0.3) is 0 Å². The lowest BCUT2D eigenvalue weighted by Gasteiger charge is -2.10. The number of carbonyl (C=O) groups excluding carboxylic acids is 2. The van der Waals surface area contributed by atoms with E-state index in [1.807, 2.05) is 0 Å². The van der Waals surface area contributed by atoms with E-state index in [4.69, 9.17) is 14.2 Å². The summed E-state index contributed by atoms with van der Waals surface area (Å²) in [4.78, 5) is 23.8. The van der Waals surface area contributed by atoms with E-state index in [-0.39, 0.29) is 0 Å². The zero-order valence-corrected chi connectivity index (χ0v) is 18.0. The fourth-order valence-corrected chi connectivity index (χ4v) is 2.86. The van der Waals surface area contributed by atoms with Crippen molar-refractivity contribution in [3.8, 4) is 11.5 Å². The molecule has 1 N–H and O–H groups in total. The van der Waals surface area contributed by atoms with Gasteiger partial charge in [-0.25, -0.2) is 4.79 Å². The molecule has 0 saturated carbocycles. The summed E-state index contributed by atoms with van der Waals surface area (Å²) in [7, 11) is 3.05. The molecular formula is C23H35NO5. The van der Waals surface area contributed by atoms with Crippen LogP contribution in [0.15, 0.2) is 30.4 Å². The van der Waals surface area contributed by atoms with E-state index in [9.17, 15) is 9.59 Å². The molecule has 29 heavy (non-hydrogen) atoms. The summed E-state index contributed by atoms with van der Waals surface area (Å²) < 4.78 is 15.5. The van der Waals surface area contributed by atoms with Crippen LogP contribution in [0.5, 0.6) is 11.5 Å². The number of anilines is 1. The number of unbranched alkanes of at least 4 members (excludes halogenated alkanes) is 8. The highest BCUT2D eigenvalue weighted by Crippen LogP contribution is 2.28. The van der Waals surface area contributed by atoms with Gasteiger partial charge in [-0.2, -0.15) is 0 Å². The lowest BCUT2D eigenvalue weighted by molar-refractivity contribution is -0.138. The first-order chi connectivity index (χ1) is 14.1. The predicted octanol–water partition coefficient (Wildman–Crippen LogP) is 5.27. The summed E-state index contributed by atoms with van der Waals surface area (Å²) in [6, 6.07) is 5.07. The molecule has 0 saturated heterocycles. The Bertz CT molecular complexity index is 642. The van der Waals surface area contributed by atoms with Gasteiger partial charge in [0, 0.05) is 18.2 Å². The number of amides is 1. The third kappa shape index (κ3) is 11.2. The van der Waals surface area contributed by atoms with E-state index >= 15 is 0 Å². The molecule has 6 heteroatoms. The molecule has 0 spiro atoms. The summed E-state index contributed by atoms with van der Waals surface area (Å²) in [5, 5.41) is 2.66. The van der Waals surface area contributed by atoms with Crippen molar-refractivity contribution in [2.45, 2.75) is 64.7 Å². The van der Waals surface area contributed by atoms with Gasteiger partial charge in [-0.3, -0.25) is 4.79 Å². The molecule has 0 heterocycles. The molecule has 0 aliphatic rings. The predicted molar refractivity (Wildman–Crippen MR) is 116 cm³/mol. The number of carbonyl (C=O) groups is 2. The van der Waals surface area contributed by atoms with E-state index in [1.165, 1.54) is 59.2 Å². The Morgan fingerprint density at radius 2 is 1.55 bits per heavy atom. The van der Waals surface area contributed by atoms with Gasteiger partial charge < -0.3 is 19.5 Å². The second-order valence-electron chi connectivity index (χ2n) is 6.88. The van der Waals surface area contributed by atoms with Gasteiger partial charge in [0.2, 0.25) is 5.91 Å². The molecule has 1 aromatic carbocycles. The van der Waals surface area contributed by atoms with Crippen LogP contribution in [0, 0.1) is 0 Å². The minimum atomic E-state index is -0.516. The lowest BCUT2D eigenvalue weighted by Crippen LogP contribution is -2.11. The SMILES string of the molecule is CCCCCCCCCCCOC(=O)/C=C/C(=O)Nc1cc(OC)ccc1OC. The molecule has 0 aliphatic heterocycles. The average Bonchev–Trinajstić information content (AvgIpc) is 2.73. The summed E-state index contributed by atoms with van der Waals surface area (Å²) >= 11 is 0. The van der Waals surface area contributed by atoms with Gasteiger partial charge in [-0.15, -0.1) is 0 Å². The van der Waals surface area contributed by atoms with Gasteiger partial charge in [-0.1, -0.05) is 58.3 Å². The van der Waals surface area contributed by atoms with Crippen molar-refractivity contribution >= 4 is 17.6 Å². The number of nitrogens with one attached hydrogen (secondary N) is 1. The fourth-order valence-electron chi connectivity index (χ4n) is 2.86. The van der Waals surface area contributed by atoms with Crippen molar-refractivity contribution in [3.05, 3.63) is 30.4 Å². The van der Waals surface area contributed by atoms with Crippen LogP contribution >= 0.6 is 0 Å². The summed E-state index contributed by atoms with van der Waals surface area (Å²) in [6.45, 7) is 2.60. The summed E-state index contributed by atoms with van der Waals surface area (Å²) in [5.41, 5.74) is 0.463. The zero-order chi connectivity index (χ0) is 21.3. The highest BCUT2D eigenvalue weighted by atomic mass is 16.5. The normalized spacial score (nSPS) is 10.7. The second kappa shape index (κ2) is 15.4. The van der Waals surface area contributed by atoms with E-state index in [1.54, 1.807) is 18.2 Å². The minimum Gasteiger partial charge on any atom is -0.497 e. The topological polar surface area (TPSA) is 73.9 Å². The van der Waals surface area contributed by atoms with Crippen molar-refractivity contribution in [1.29, 1.82) is 0 Å². The van der Waals surface area contributed by atoms with Crippen molar-refractivity contribution in [3.63, 3.8) is 0 Å². The Morgan fingerprint density at radius 1 is 0.897 bits per heavy atom. The fraction of sp³-hybridized carbons (Fsp3) is 0.565. The molecule has 0 atom stereocenters. The Kier molecular flexibility index (Phi) is 13.1. The molecule has 1 rings (SSSR count). The molecule has 0 fully saturated rings. The van der Waals surface area contributed by atoms with Crippen LogP contribution in [0.1, 0.15) is 64.7 Å². The van der Waals surface area contributed by atoms with Crippen LogP contribution in [0.4, 0.5) is 5.69 Å². The molecule has 1 aromatic rings. The van der Waals surface area contributed by atoms with E-state index in [0.717, 1.165) is 25.0 Å². The Morgan fingerprint density at radius 3 is 2.17 bits per heavy atom. The molecule has 162 valence electrons. The summed E-state index contributed by atoms with van der Waals surface area (Å²) in [5.74, 6) is 0.125. The van der Waals surface area contributed by atoms with Gasteiger partial charge >= 0.3 is 5.97 Å². The van der Waals surface area contributed by atoms with Crippen LogP contribution in [-0.4, -0.2) is 32.7 Å². The minimum absolute atomic E-state index is 0.379. The van der Waals surface area contributed by atoms with Crippen LogP contribution in [0.25, 0.3) is 0 Å². The van der Waals surface area contributed by atoms with Crippen molar-refractivity contribution < 1.29 is 23.8 Å². The third-order valence-electron chi connectivity index (χ3n) is 4.53. The highest BCUT2D eigenvalue weighted by Gasteiger charge is 2.08. The lowest BCUT2D eigenvalue weighted by atomic mass is 10.1. The maximum atomic E-state index is 12.0. The number of methoxy groups -OCH3 is 2. The van der Waals surface area contributed by atoms with E-state index < -0.39 is 11.9 Å². The van der Waals surface area contributed by atoms with Crippen molar-refractivity contribution in [2.24, 2.45) is 0 Å². The van der Waals surface area contributed by atoms with Crippen LogP contribution in [0.2, 0.25) is 0 Å². The molecule has 0 aliphatic carbocycles. The quantitative estimate of drug-likeness (QED) is 0.244. The molecule has 0 unspecified atom stereocenters. The second-order valence-corrected chi connectivity index (χ2v) is 6.88. The number of hydrogen-bond donors (Lipinski definition) is 1. The molecular weight excluding hydrogens is 370 g/mol. The Hall–Kier alpha value is -2.50. The first kappa shape index (κ1) is 24.5. The number of ether oxygens (including phenoxy) is 3. The molecule has 0 aromatic heterocycles. The first-order valence-electron chi connectivity index (χ1n) is 10.5. The van der Waals surface area contributed by atoms with Gasteiger partial charge in [0.15, 0.2) is 0 Å². The van der Waals surface area contributed by atoms with Gasteiger partial charge in [-0.05, 0) is 18.6 Å². The highest BCUT2D eigenvalue weighted by molar-refractivity contribution is 6.03. The van der Waals surface area contributed by atoms with Crippen molar-refractivity contribution in [2.75, 3.05) is 26.1 Å². The van der Waals surface area contributed by atoms with Crippen LogP contribution in [0.3, 0.4) is 0 Å². The maximum absolute atomic E-state index is 12.0.